The van der Waals surface area contributed by atoms with E-state index in [9.17, 15) is 0 Å². The van der Waals surface area contributed by atoms with E-state index in [4.69, 9.17) is 34.0 Å². The third-order valence-electron chi connectivity index (χ3n) is 1.87. The summed E-state index contributed by atoms with van der Waals surface area (Å²) in [5, 5.41) is 10.1. The van der Waals surface area contributed by atoms with E-state index in [1.165, 1.54) is 0 Å². The summed E-state index contributed by atoms with van der Waals surface area (Å²) in [6, 6.07) is 5.21. The fourth-order valence-corrected chi connectivity index (χ4v) is 2.57. The number of hydrogen-bond donors (Lipinski definition) is 2. The second-order valence-electron chi connectivity index (χ2n) is 3.15. The monoisotopic (exact) mass is 265 g/mol. The highest BCUT2D eigenvalue weighted by Crippen LogP contribution is 2.30. The molecule has 1 atom stereocenters. The van der Waals surface area contributed by atoms with Crippen molar-refractivity contribution in [2.75, 3.05) is 12.4 Å². The Morgan fingerprint density at radius 2 is 2.13 bits per heavy atom. The van der Waals surface area contributed by atoms with Gasteiger partial charge in [-0.05, 0) is 30.4 Å². The zero-order chi connectivity index (χ0) is 11.3. The number of thioether (sulfide) groups is 1. The van der Waals surface area contributed by atoms with Gasteiger partial charge in [0.1, 0.15) is 0 Å². The van der Waals surface area contributed by atoms with Crippen LogP contribution in [0.1, 0.15) is 6.42 Å². The lowest BCUT2D eigenvalue weighted by Gasteiger charge is -2.08. The average molecular weight is 266 g/mol. The van der Waals surface area contributed by atoms with Crippen molar-refractivity contribution in [1.82, 2.24) is 0 Å². The van der Waals surface area contributed by atoms with Crippen molar-refractivity contribution in [2.45, 2.75) is 17.4 Å². The fourth-order valence-electron chi connectivity index (χ4n) is 0.999. The van der Waals surface area contributed by atoms with E-state index >= 15 is 0 Å². The van der Waals surface area contributed by atoms with E-state index in [1.807, 2.05) is 6.07 Å². The van der Waals surface area contributed by atoms with Crippen LogP contribution in [0, 0.1) is 0 Å². The largest absolute Gasteiger partial charge is 0.395 e. The first-order valence-electron chi connectivity index (χ1n) is 4.57. The molecule has 0 aliphatic heterocycles. The third kappa shape index (κ3) is 4.62. The van der Waals surface area contributed by atoms with Crippen LogP contribution in [0.4, 0.5) is 0 Å². The molecule has 0 saturated heterocycles. The highest BCUT2D eigenvalue weighted by Gasteiger charge is 2.04. The van der Waals surface area contributed by atoms with Gasteiger partial charge in [-0.25, -0.2) is 0 Å². The first-order chi connectivity index (χ1) is 7.13. The van der Waals surface area contributed by atoms with Gasteiger partial charge < -0.3 is 10.8 Å². The standard InChI is InChI=1S/C10H13Cl2NOS/c11-7-1-2-9(12)10(5-7)15-4-3-8(13)6-14/h1-2,5,8,14H,3-4,6,13H2. The minimum Gasteiger partial charge on any atom is -0.395 e. The second kappa shape index (κ2) is 6.61. The van der Waals surface area contributed by atoms with Crippen molar-refractivity contribution in [1.29, 1.82) is 0 Å². The van der Waals surface area contributed by atoms with E-state index in [1.54, 1.807) is 23.9 Å². The Kier molecular flexibility index (Phi) is 5.79. The van der Waals surface area contributed by atoms with Gasteiger partial charge in [0.25, 0.3) is 0 Å². The first-order valence-corrected chi connectivity index (χ1v) is 6.32. The Labute approximate surface area is 104 Å². The predicted molar refractivity (Wildman–Crippen MR) is 66.9 cm³/mol. The first kappa shape index (κ1) is 13.1. The van der Waals surface area contributed by atoms with Gasteiger partial charge in [0.05, 0.1) is 11.6 Å². The molecule has 1 aromatic rings. The summed E-state index contributed by atoms with van der Waals surface area (Å²) in [6.45, 7) is 0.0177. The Bertz CT molecular complexity index is 322. The molecule has 84 valence electrons. The van der Waals surface area contributed by atoms with Gasteiger partial charge in [-0.3, -0.25) is 0 Å². The molecular weight excluding hydrogens is 253 g/mol. The number of benzene rings is 1. The Balaban J connectivity index is 2.46. The SMILES string of the molecule is NC(CO)CCSc1cc(Cl)ccc1Cl. The van der Waals surface area contributed by atoms with Gasteiger partial charge >= 0.3 is 0 Å². The molecular formula is C10H13Cl2NOS. The summed E-state index contributed by atoms with van der Waals surface area (Å²) in [6.07, 6.45) is 0.754. The highest BCUT2D eigenvalue weighted by molar-refractivity contribution is 7.99. The zero-order valence-electron chi connectivity index (χ0n) is 8.12. The Hall–Kier alpha value is 0.0700. The Morgan fingerprint density at radius 3 is 2.80 bits per heavy atom. The lowest BCUT2D eigenvalue weighted by molar-refractivity contribution is 0.264. The van der Waals surface area contributed by atoms with Crippen LogP contribution in [-0.4, -0.2) is 23.5 Å². The van der Waals surface area contributed by atoms with E-state index < -0.39 is 0 Å². The molecule has 1 unspecified atom stereocenters. The summed E-state index contributed by atoms with van der Waals surface area (Å²) in [4.78, 5) is 0.953. The molecule has 5 heteroatoms. The molecule has 0 aromatic heterocycles. The number of rotatable bonds is 5. The van der Waals surface area contributed by atoms with Crippen LogP contribution in [0.15, 0.2) is 23.1 Å². The van der Waals surface area contributed by atoms with Crippen LogP contribution >= 0.6 is 35.0 Å². The van der Waals surface area contributed by atoms with Crippen LogP contribution < -0.4 is 5.73 Å². The van der Waals surface area contributed by atoms with E-state index in [-0.39, 0.29) is 12.6 Å². The molecule has 1 rings (SSSR count). The number of aliphatic hydroxyl groups is 1. The third-order valence-corrected chi connectivity index (χ3v) is 3.64. The van der Waals surface area contributed by atoms with Crippen molar-refractivity contribution in [3.63, 3.8) is 0 Å². The van der Waals surface area contributed by atoms with Crippen LogP contribution in [0.3, 0.4) is 0 Å². The molecule has 15 heavy (non-hydrogen) atoms. The van der Waals surface area contributed by atoms with E-state index in [0.29, 0.717) is 10.0 Å². The van der Waals surface area contributed by atoms with Gasteiger partial charge in [0.15, 0.2) is 0 Å². The summed E-state index contributed by atoms with van der Waals surface area (Å²) < 4.78 is 0. The lowest BCUT2D eigenvalue weighted by Crippen LogP contribution is -2.24. The van der Waals surface area contributed by atoms with Crippen LogP contribution in [0.2, 0.25) is 10.0 Å². The van der Waals surface area contributed by atoms with Crippen molar-refractivity contribution in [3.8, 4) is 0 Å². The molecule has 0 heterocycles. The van der Waals surface area contributed by atoms with Gasteiger partial charge in [-0.15, -0.1) is 11.8 Å². The minimum atomic E-state index is -0.157. The van der Waals surface area contributed by atoms with Crippen LogP contribution in [-0.2, 0) is 0 Å². The van der Waals surface area contributed by atoms with Gasteiger partial charge in [-0.2, -0.15) is 0 Å². The van der Waals surface area contributed by atoms with E-state index in [2.05, 4.69) is 0 Å². The molecule has 3 N–H and O–H groups in total. The minimum absolute atomic E-state index is 0.0177. The summed E-state index contributed by atoms with van der Waals surface area (Å²) in [7, 11) is 0. The average Bonchev–Trinajstić information content (AvgIpc) is 2.23. The topological polar surface area (TPSA) is 46.2 Å². The van der Waals surface area contributed by atoms with Crippen LogP contribution in [0.25, 0.3) is 0 Å². The highest BCUT2D eigenvalue weighted by atomic mass is 35.5. The molecule has 0 aliphatic rings. The van der Waals surface area contributed by atoms with Gasteiger partial charge in [-0.1, -0.05) is 23.2 Å². The molecule has 0 fully saturated rings. The summed E-state index contributed by atoms with van der Waals surface area (Å²) in [5.41, 5.74) is 5.58. The molecule has 0 saturated carbocycles. The van der Waals surface area contributed by atoms with Crippen molar-refractivity contribution in [2.24, 2.45) is 5.73 Å². The van der Waals surface area contributed by atoms with Gasteiger partial charge in [0, 0.05) is 16.0 Å². The zero-order valence-corrected chi connectivity index (χ0v) is 10.4. The number of halogens is 2. The van der Waals surface area contributed by atoms with Gasteiger partial charge in [0.2, 0.25) is 0 Å². The fraction of sp³-hybridized carbons (Fsp3) is 0.400. The molecule has 0 bridgehead atoms. The molecule has 0 amide bonds. The van der Waals surface area contributed by atoms with Crippen molar-refractivity contribution >= 4 is 35.0 Å². The second-order valence-corrected chi connectivity index (χ2v) is 5.13. The number of nitrogens with two attached hydrogens (primary N) is 1. The predicted octanol–water partition coefficient (Wildman–Crippen LogP) is 2.80. The lowest BCUT2D eigenvalue weighted by atomic mass is 10.3. The van der Waals surface area contributed by atoms with Crippen molar-refractivity contribution < 1.29 is 5.11 Å². The maximum atomic E-state index is 8.75. The molecule has 0 aliphatic carbocycles. The maximum absolute atomic E-state index is 8.75. The Morgan fingerprint density at radius 1 is 1.40 bits per heavy atom. The van der Waals surface area contributed by atoms with Crippen LogP contribution in [0.5, 0.6) is 0 Å². The normalized spacial score (nSPS) is 12.8. The number of aliphatic hydroxyl groups excluding tert-OH is 1. The molecule has 1 aromatic carbocycles. The quantitative estimate of drug-likeness (QED) is 0.805. The van der Waals surface area contributed by atoms with Crippen molar-refractivity contribution in [3.05, 3.63) is 28.2 Å². The van der Waals surface area contributed by atoms with E-state index in [0.717, 1.165) is 17.1 Å². The summed E-state index contributed by atoms with van der Waals surface area (Å²) in [5.74, 6) is 0.821. The maximum Gasteiger partial charge on any atom is 0.0582 e. The molecule has 0 radical (unpaired) electrons. The summed E-state index contributed by atoms with van der Waals surface area (Å²) >= 11 is 13.4. The molecule has 0 spiro atoms. The molecule has 2 nitrogen and oxygen atoms in total. The number of hydrogen-bond acceptors (Lipinski definition) is 3. The smallest absolute Gasteiger partial charge is 0.0582 e.